The third-order valence-corrected chi connectivity index (χ3v) is 18.6. The van der Waals surface area contributed by atoms with Crippen molar-refractivity contribution in [2.75, 3.05) is 6.61 Å². The van der Waals surface area contributed by atoms with Gasteiger partial charge in [0.1, 0.15) is 11.4 Å². The summed E-state index contributed by atoms with van der Waals surface area (Å²) >= 11 is 0. The number of rotatable bonds is 8. The standard InChI is InChI=1S/C25H48N2O4Si2/c1-12-33(13-2,14-3)22-21(20-16-15-17-29-20)19(18-30-32(10,11)25(7,8)9)26-27(22)23(28)31-24(4,5)6/h15-17,19,21-22,26H,12-14,18H2,1-11H3/t19-,21-,22-/m0/s1. The lowest BCUT2D eigenvalue weighted by molar-refractivity contribution is 0.0152. The molecule has 1 aromatic rings. The van der Waals surface area contributed by atoms with Gasteiger partial charge in [-0.15, -0.1) is 0 Å². The summed E-state index contributed by atoms with van der Waals surface area (Å²) in [5, 5.41) is 1.94. The van der Waals surface area contributed by atoms with Gasteiger partial charge in [-0.2, -0.15) is 0 Å². The third kappa shape index (κ3) is 6.13. The molecule has 0 spiro atoms. The molecule has 1 aliphatic rings. The maximum absolute atomic E-state index is 13.5. The number of carbonyl (C=O) groups excluding carboxylic acids is 1. The molecule has 1 aromatic heterocycles. The van der Waals surface area contributed by atoms with E-state index < -0.39 is 22.0 Å². The van der Waals surface area contributed by atoms with Crippen LogP contribution in [-0.2, 0) is 9.16 Å². The Bertz CT molecular complexity index is 756. The largest absolute Gasteiger partial charge is 0.469 e. The van der Waals surface area contributed by atoms with Crippen molar-refractivity contribution in [2.24, 2.45) is 0 Å². The van der Waals surface area contributed by atoms with E-state index in [1.54, 1.807) is 6.26 Å². The molecule has 0 saturated carbocycles. The second kappa shape index (κ2) is 10.3. The molecule has 6 nitrogen and oxygen atoms in total. The molecule has 33 heavy (non-hydrogen) atoms. The van der Waals surface area contributed by atoms with Crippen LogP contribution in [0.25, 0.3) is 0 Å². The minimum atomic E-state index is -1.96. The molecule has 2 heterocycles. The first kappa shape index (κ1) is 28.1. The maximum atomic E-state index is 13.5. The molecular formula is C25H48N2O4Si2. The van der Waals surface area contributed by atoms with E-state index in [1.807, 2.05) is 31.8 Å². The fraction of sp³-hybridized carbons (Fsp3) is 0.800. The molecule has 1 aliphatic heterocycles. The minimum Gasteiger partial charge on any atom is -0.469 e. The van der Waals surface area contributed by atoms with Gasteiger partial charge in [-0.3, -0.25) is 0 Å². The van der Waals surface area contributed by atoms with Crippen molar-refractivity contribution in [1.82, 2.24) is 10.4 Å². The molecule has 0 unspecified atom stereocenters. The van der Waals surface area contributed by atoms with Crippen molar-refractivity contribution in [3.8, 4) is 0 Å². The van der Waals surface area contributed by atoms with Gasteiger partial charge in [0.25, 0.3) is 0 Å². The number of hydrogen-bond acceptors (Lipinski definition) is 5. The van der Waals surface area contributed by atoms with E-state index in [-0.39, 0.29) is 28.8 Å². The van der Waals surface area contributed by atoms with E-state index >= 15 is 0 Å². The Morgan fingerprint density at radius 3 is 2.09 bits per heavy atom. The number of nitrogens with one attached hydrogen (secondary N) is 1. The SMILES string of the molecule is CC[Si](CC)(CC)[C@H]1[C@H](c2ccco2)[C@H](CO[Si](C)(C)C(C)(C)C)NN1C(=O)OC(C)(C)C. The zero-order valence-electron chi connectivity index (χ0n) is 22.9. The Morgan fingerprint density at radius 1 is 1.09 bits per heavy atom. The topological polar surface area (TPSA) is 63.9 Å². The smallest absolute Gasteiger partial charge is 0.424 e. The van der Waals surface area contributed by atoms with Gasteiger partial charge in [0, 0.05) is 0 Å². The summed E-state index contributed by atoms with van der Waals surface area (Å²) in [5.41, 5.74) is 3.04. The van der Waals surface area contributed by atoms with Crippen LogP contribution in [0.4, 0.5) is 4.79 Å². The predicted molar refractivity (Wildman–Crippen MR) is 141 cm³/mol. The lowest BCUT2D eigenvalue weighted by atomic mass is 9.99. The molecule has 1 saturated heterocycles. The van der Waals surface area contributed by atoms with Crippen LogP contribution in [0.3, 0.4) is 0 Å². The molecule has 3 atom stereocenters. The Labute approximate surface area is 203 Å². The molecule has 1 fully saturated rings. The molecule has 190 valence electrons. The van der Waals surface area contributed by atoms with E-state index in [0.717, 1.165) is 23.9 Å². The fourth-order valence-electron chi connectivity index (χ4n) is 4.72. The molecule has 1 amide bonds. The van der Waals surface area contributed by atoms with Crippen LogP contribution >= 0.6 is 0 Å². The first-order valence-electron chi connectivity index (χ1n) is 12.6. The Hall–Kier alpha value is -1.10. The van der Waals surface area contributed by atoms with Crippen LogP contribution in [-0.4, -0.2) is 51.4 Å². The van der Waals surface area contributed by atoms with Gasteiger partial charge in [0.05, 0.1) is 38.6 Å². The van der Waals surface area contributed by atoms with Crippen LogP contribution in [0, 0.1) is 0 Å². The van der Waals surface area contributed by atoms with Crippen molar-refractivity contribution in [2.45, 2.75) is 122 Å². The van der Waals surface area contributed by atoms with E-state index in [1.165, 1.54) is 0 Å². The highest BCUT2D eigenvalue weighted by molar-refractivity contribution is 6.81. The van der Waals surface area contributed by atoms with Gasteiger partial charge in [0.2, 0.25) is 0 Å². The van der Waals surface area contributed by atoms with Gasteiger partial charge < -0.3 is 13.6 Å². The molecule has 0 aliphatic carbocycles. The molecule has 0 radical (unpaired) electrons. The molecular weight excluding hydrogens is 448 g/mol. The second-order valence-electron chi connectivity index (χ2n) is 12.1. The van der Waals surface area contributed by atoms with Crippen LogP contribution in [0.5, 0.6) is 0 Å². The highest BCUT2D eigenvalue weighted by atomic mass is 28.4. The number of carbonyl (C=O) groups is 1. The molecule has 0 aromatic carbocycles. The Kier molecular flexibility index (Phi) is 8.75. The maximum Gasteiger partial charge on any atom is 0.424 e. The number of ether oxygens (including phenoxy) is 1. The van der Waals surface area contributed by atoms with Crippen LogP contribution < -0.4 is 5.43 Å². The number of furan rings is 1. The van der Waals surface area contributed by atoms with E-state index in [0.29, 0.717) is 6.61 Å². The Morgan fingerprint density at radius 2 is 1.67 bits per heavy atom. The summed E-state index contributed by atoms with van der Waals surface area (Å²) in [6.07, 6.45) is 1.44. The lowest BCUT2D eigenvalue weighted by Gasteiger charge is -2.41. The van der Waals surface area contributed by atoms with Gasteiger partial charge in [-0.05, 0) is 51.0 Å². The van der Waals surface area contributed by atoms with Gasteiger partial charge in [-0.25, -0.2) is 15.2 Å². The normalized spacial score (nSPS) is 22.6. The van der Waals surface area contributed by atoms with Crippen molar-refractivity contribution in [1.29, 1.82) is 0 Å². The van der Waals surface area contributed by atoms with Crippen molar-refractivity contribution < 1.29 is 18.4 Å². The summed E-state index contributed by atoms with van der Waals surface area (Å²) in [5.74, 6) is 0.957. The molecule has 8 heteroatoms. The zero-order chi connectivity index (χ0) is 25.2. The highest BCUT2D eigenvalue weighted by Gasteiger charge is 2.56. The highest BCUT2D eigenvalue weighted by Crippen LogP contribution is 2.44. The molecule has 1 N–H and O–H groups in total. The van der Waals surface area contributed by atoms with E-state index in [9.17, 15) is 4.79 Å². The van der Waals surface area contributed by atoms with E-state index in [4.69, 9.17) is 13.6 Å². The van der Waals surface area contributed by atoms with Gasteiger partial charge in [-0.1, -0.05) is 59.7 Å². The van der Waals surface area contributed by atoms with Crippen molar-refractivity contribution in [3.63, 3.8) is 0 Å². The van der Waals surface area contributed by atoms with Gasteiger partial charge in [0.15, 0.2) is 8.32 Å². The quantitative estimate of drug-likeness (QED) is 0.395. The first-order chi connectivity index (χ1) is 15.1. The summed E-state index contributed by atoms with van der Waals surface area (Å²) in [4.78, 5) is 13.5. The number of hydrazine groups is 1. The number of amides is 1. The molecule has 2 rings (SSSR count). The second-order valence-corrected chi connectivity index (χ2v) is 22.3. The third-order valence-electron chi connectivity index (χ3n) is 7.99. The van der Waals surface area contributed by atoms with Crippen molar-refractivity contribution in [3.05, 3.63) is 24.2 Å². The van der Waals surface area contributed by atoms with Crippen LogP contribution in [0.15, 0.2) is 22.8 Å². The van der Waals surface area contributed by atoms with Crippen molar-refractivity contribution >= 4 is 22.5 Å². The number of nitrogens with zero attached hydrogens (tertiary/aromatic N) is 1. The Balaban J connectivity index is 2.53. The molecule has 0 bridgehead atoms. The summed E-state index contributed by atoms with van der Waals surface area (Å²) in [7, 11) is -3.86. The summed E-state index contributed by atoms with van der Waals surface area (Å²) in [6.45, 7) is 24.5. The average Bonchev–Trinajstić information content (AvgIpc) is 3.34. The lowest BCUT2D eigenvalue weighted by Crippen LogP contribution is -2.59. The number of hydrogen-bond donors (Lipinski definition) is 1. The monoisotopic (exact) mass is 496 g/mol. The summed E-state index contributed by atoms with van der Waals surface area (Å²) in [6, 6.07) is 7.23. The predicted octanol–water partition coefficient (Wildman–Crippen LogP) is 6.93. The zero-order valence-corrected chi connectivity index (χ0v) is 24.9. The van der Waals surface area contributed by atoms with Gasteiger partial charge >= 0.3 is 6.09 Å². The fourth-order valence-corrected chi connectivity index (χ4v) is 10.4. The summed E-state index contributed by atoms with van der Waals surface area (Å²) < 4.78 is 18.5. The van der Waals surface area contributed by atoms with Crippen LogP contribution in [0.2, 0.25) is 36.3 Å². The first-order valence-corrected chi connectivity index (χ1v) is 18.2. The van der Waals surface area contributed by atoms with E-state index in [2.05, 4.69) is 66.1 Å². The van der Waals surface area contributed by atoms with Crippen LogP contribution in [0.1, 0.15) is 74.0 Å². The minimum absolute atomic E-state index is 0.0313. The average molecular weight is 497 g/mol.